The van der Waals surface area contributed by atoms with Gasteiger partial charge < -0.3 is 20.1 Å². The summed E-state index contributed by atoms with van der Waals surface area (Å²) < 4.78 is 4.78. The highest BCUT2D eigenvalue weighted by molar-refractivity contribution is 5.99. The van der Waals surface area contributed by atoms with E-state index in [0.717, 1.165) is 11.1 Å². The third-order valence-electron chi connectivity index (χ3n) is 6.54. The molecule has 0 saturated carbocycles. The lowest BCUT2D eigenvalue weighted by Crippen LogP contribution is -2.49. The standard InChI is InChI=1S/C29H30N2O5/c1-19-25-15-23(12-13-24(25)26(33)36-31-19)30-27(34)29(35,16-20-8-7-9-21(14-20)17-32)18-28(2,3)22-10-5-4-6-11-22/h4-15,32,35H,16-18H2,1-3H3,(H,30,34). The molecule has 4 rings (SSSR count). The Hall–Kier alpha value is -3.81. The summed E-state index contributed by atoms with van der Waals surface area (Å²) in [7, 11) is 0. The number of amides is 1. The maximum Gasteiger partial charge on any atom is 0.366 e. The molecule has 1 amide bonds. The molecule has 0 saturated heterocycles. The van der Waals surface area contributed by atoms with E-state index in [1.54, 1.807) is 43.3 Å². The number of aliphatic hydroxyl groups excluding tert-OH is 1. The molecule has 1 heterocycles. The summed E-state index contributed by atoms with van der Waals surface area (Å²) in [5, 5.41) is 29.0. The van der Waals surface area contributed by atoms with E-state index in [-0.39, 0.29) is 19.4 Å². The number of carbonyl (C=O) groups excluding carboxylic acids is 1. The number of rotatable bonds is 8. The number of hydrogen-bond acceptors (Lipinski definition) is 6. The molecule has 1 aromatic heterocycles. The summed E-state index contributed by atoms with van der Waals surface area (Å²) in [6.07, 6.45) is 0.206. The van der Waals surface area contributed by atoms with Gasteiger partial charge in [0.2, 0.25) is 0 Å². The third-order valence-corrected chi connectivity index (χ3v) is 6.54. The van der Waals surface area contributed by atoms with E-state index < -0.39 is 22.5 Å². The van der Waals surface area contributed by atoms with Crippen molar-refractivity contribution in [2.75, 3.05) is 5.32 Å². The van der Waals surface area contributed by atoms with Crippen LogP contribution in [0.25, 0.3) is 10.8 Å². The first kappa shape index (κ1) is 25.3. The number of aliphatic hydroxyl groups is 2. The molecule has 0 spiro atoms. The van der Waals surface area contributed by atoms with Crippen LogP contribution in [0.2, 0.25) is 0 Å². The van der Waals surface area contributed by atoms with Crippen LogP contribution < -0.4 is 10.9 Å². The first-order valence-corrected chi connectivity index (χ1v) is 11.8. The van der Waals surface area contributed by atoms with Gasteiger partial charge in [-0.2, -0.15) is 0 Å². The summed E-state index contributed by atoms with van der Waals surface area (Å²) in [5.41, 5.74) is 0.534. The number of benzene rings is 3. The fraction of sp³-hybridized carbons (Fsp3) is 0.276. The second-order valence-electron chi connectivity index (χ2n) is 9.88. The van der Waals surface area contributed by atoms with Gasteiger partial charge in [-0.1, -0.05) is 73.6 Å². The maximum atomic E-state index is 13.7. The normalized spacial score (nSPS) is 13.4. The minimum absolute atomic E-state index is 0.0562. The van der Waals surface area contributed by atoms with E-state index in [2.05, 4.69) is 10.5 Å². The van der Waals surface area contributed by atoms with E-state index >= 15 is 0 Å². The number of aryl methyl sites for hydroxylation is 1. The van der Waals surface area contributed by atoms with Gasteiger partial charge in [-0.25, -0.2) is 4.79 Å². The van der Waals surface area contributed by atoms with Crippen molar-refractivity contribution in [1.29, 1.82) is 0 Å². The van der Waals surface area contributed by atoms with Gasteiger partial charge in [-0.15, -0.1) is 0 Å². The molecule has 0 aliphatic heterocycles. The average Bonchev–Trinajstić information content (AvgIpc) is 2.86. The number of aromatic nitrogens is 1. The number of fused-ring (bicyclic) bond motifs is 1. The van der Waals surface area contributed by atoms with Crippen LogP contribution in [-0.4, -0.2) is 26.9 Å². The largest absolute Gasteiger partial charge is 0.392 e. The van der Waals surface area contributed by atoms with Crippen LogP contribution in [0.15, 0.2) is 82.1 Å². The SMILES string of the molecule is Cc1noc(=O)c2ccc(NC(=O)C(O)(Cc3cccc(CO)c3)CC(C)(C)c3ccccc3)cc12. The second kappa shape index (κ2) is 10.0. The van der Waals surface area contributed by atoms with Gasteiger partial charge >= 0.3 is 5.63 Å². The van der Waals surface area contributed by atoms with Crippen molar-refractivity contribution in [2.24, 2.45) is 0 Å². The zero-order valence-corrected chi connectivity index (χ0v) is 20.6. The molecule has 1 unspecified atom stereocenters. The Balaban J connectivity index is 1.70. The molecule has 36 heavy (non-hydrogen) atoms. The molecule has 186 valence electrons. The van der Waals surface area contributed by atoms with Crippen molar-refractivity contribution in [3.63, 3.8) is 0 Å². The monoisotopic (exact) mass is 486 g/mol. The van der Waals surface area contributed by atoms with Crippen molar-refractivity contribution < 1.29 is 19.5 Å². The Morgan fingerprint density at radius 2 is 1.69 bits per heavy atom. The van der Waals surface area contributed by atoms with Gasteiger partial charge in [0, 0.05) is 17.5 Å². The minimum Gasteiger partial charge on any atom is -0.392 e. The zero-order chi connectivity index (χ0) is 25.9. The van der Waals surface area contributed by atoms with Crippen molar-refractivity contribution in [3.05, 3.63) is 106 Å². The predicted molar refractivity (Wildman–Crippen MR) is 139 cm³/mol. The van der Waals surface area contributed by atoms with Crippen LogP contribution in [0.3, 0.4) is 0 Å². The highest BCUT2D eigenvalue weighted by Gasteiger charge is 2.42. The van der Waals surface area contributed by atoms with Crippen molar-refractivity contribution in [1.82, 2.24) is 5.16 Å². The van der Waals surface area contributed by atoms with Crippen LogP contribution in [0.5, 0.6) is 0 Å². The van der Waals surface area contributed by atoms with Crippen molar-refractivity contribution in [3.8, 4) is 0 Å². The first-order chi connectivity index (χ1) is 17.1. The van der Waals surface area contributed by atoms with Crippen LogP contribution in [0, 0.1) is 6.92 Å². The van der Waals surface area contributed by atoms with E-state index in [4.69, 9.17) is 4.52 Å². The minimum atomic E-state index is -1.77. The predicted octanol–water partition coefficient (Wildman–Crippen LogP) is 4.27. The molecule has 1 atom stereocenters. The Bertz CT molecular complexity index is 1450. The molecule has 7 heteroatoms. The topological polar surface area (TPSA) is 113 Å². The van der Waals surface area contributed by atoms with Gasteiger partial charge in [-0.3, -0.25) is 4.79 Å². The number of nitrogens with one attached hydrogen (secondary N) is 1. The molecule has 7 nitrogen and oxygen atoms in total. The number of hydrogen-bond donors (Lipinski definition) is 3. The van der Waals surface area contributed by atoms with Gasteiger partial charge in [0.25, 0.3) is 5.91 Å². The maximum absolute atomic E-state index is 13.7. The Morgan fingerprint density at radius 3 is 2.42 bits per heavy atom. The van der Waals surface area contributed by atoms with Crippen LogP contribution in [0.1, 0.15) is 42.7 Å². The van der Waals surface area contributed by atoms with E-state index in [1.165, 1.54) is 0 Å². The van der Waals surface area contributed by atoms with Gasteiger partial charge in [0.1, 0.15) is 5.60 Å². The fourth-order valence-electron chi connectivity index (χ4n) is 4.68. The molecule has 0 radical (unpaired) electrons. The van der Waals surface area contributed by atoms with Gasteiger partial charge in [-0.05, 0) is 53.6 Å². The molecule has 0 fully saturated rings. The average molecular weight is 487 g/mol. The summed E-state index contributed by atoms with van der Waals surface area (Å²) in [4.78, 5) is 25.7. The van der Waals surface area contributed by atoms with E-state index in [0.29, 0.717) is 27.7 Å². The molecule has 3 aromatic carbocycles. The number of nitrogens with zero attached hydrogens (tertiary/aromatic N) is 1. The fourth-order valence-corrected chi connectivity index (χ4v) is 4.68. The smallest absolute Gasteiger partial charge is 0.366 e. The van der Waals surface area contributed by atoms with E-state index in [9.17, 15) is 19.8 Å². The van der Waals surface area contributed by atoms with Crippen LogP contribution in [-0.2, 0) is 23.2 Å². The number of carbonyl (C=O) groups is 1. The van der Waals surface area contributed by atoms with Crippen LogP contribution in [0.4, 0.5) is 5.69 Å². The Morgan fingerprint density at radius 1 is 0.972 bits per heavy atom. The molecule has 4 aromatic rings. The summed E-state index contributed by atoms with van der Waals surface area (Å²) in [6, 6.07) is 21.8. The second-order valence-corrected chi connectivity index (χ2v) is 9.88. The first-order valence-electron chi connectivity index (χ1n) is 11.8. The van der Waals surface area contributed by atoms with Crippen molar-refractivity contribution >= 4 is 22.4 Å². The molecule has 0 aliphatic rings. The third kappa shape index (κ3) is 5.37. The van der Waals surface area contributed by atoms with Crippen LogP contribution >= 0.6 is 0 Å². The quantitative estimate of drug-likeness (QED) is 0.343. The molecular weight excluding hydrogens is 456 g/mol. The summed E-state index contributed by atoms with van der Waals surface area (Å²) in [6.45, 7) is 5.57. The Labute approximate surface area is 209 Å². The molecule has 3 N–H and O–H groups in total. The number of anilines is 1. The summed E-state index contributed by atoms with van der Waals surface area (Å²) in [5.74, 6) is -0.561. The van der Waals surface area contributed by atoms with E-state index in [1.807, 2.05) is 50.2 Å². The highest BCUT2D eigenvalue weighted by atomic mass is 16.5. The lowest BCUT2D eigenvalue weighted by atomic mass is 9.73. The van der Waals surface area contributed by atoms with Gasteiger partial charge in [0.15, 0.2) is 0 Å². The molecular formula is C29H30N2O5. The highest BCUT2D eigenvalue weighted by Crippen LogP contribution is 2.35. The Kier molecular flexibility index (Phi) is 7.06. The lowest BCUT2D eigenvalue weighted by Gasteiger charge is -2.36. The summed E-state index contributed by atoms with van der Waals surface area (Å²) >= 11 is 0. The van der Waals surface area contributed by atoms with Crippen molar-refractivity contribution in [2.45, 2.75) is 51.2 Å². The molecule has 0 bridgehead atoms. The van der Waals surface area contributed by atoms with Gasteiger partial charge in [0.05, 0.1) is 17.7 Å². The lowest BCUT2D eigenvalue weighted by molar-refractivity contribution is -0.136. The molecule has 0 aliphatic carbocycles. The zero-order valence-electron chi connectivity index (χ0n) is 20.6.